The first-order chi connectivity index (χ1) is 8.72. The van der Waals surface area contributed by atoms with Crippen molar-refractivity contribution in [1.82, 2.24) is 15.1 Å². The molecule has 1 aromatic heterocycles. The Bertz CT molecular complexity index is 423. The maximum atomic E-state index is 4.61. The zero-order chi connectivity index (χ0) is 12.7. The van der Waals surface area contributed by atoms with E-state index in [0.717, 1.165) is 24.2 Å². The Hall–Kier alpha value is -0.830. The third kappa shape index (κ3) is 1.89. The summed E-state index contributed by atoms with van der Waals surface area (Å²) in [5.74, 6) is 2.79. The molecule has 4 unspecified atom stereocenters. The summed E-state index contributed by atoms with van der Waals surface area (Å²) < 4.78 is 2.09. The Labute approximate surface area is 110 Å². The molecular weight excluding hydrogens is 222 g/mol. The van der Waals surface area contributed by atoms with E-state index in [1.54, 1.807) is 0 Å². The normalized spacial score (nSPS) is 32.1. The summed E-state index contributed by atoms with van der Waals surface area (Å²) in [6, 6.07) is 2.80. The second-order valence-corrected chi connectivity index (χ2v) is 6.14. The molecule has 0 saturated heterocycles. The van der Waals surface area contributed by atoms with Crippen molar-refractivity contribution in [2.45, 2.75) is 45.1 Å². The minimum atomic E-state index is 0.498. The van der Waals surface area contributed by atoms with Crippen LogP contribution >= 0.6 is 0 Å². The molecule has 3 heteroatoms. The Balaban J connectivity index is 1.85. The molecule has 0 radical (unpaired) electrons. The number of aryl methyl sites for hydroxylation is 2. The van der Waals surface area contributed by atoms with Gasteiger partial charge in [0.15, 0.2) is 0 Å². The van der Waals surface area contributed by atoms with Gasteiger partial charge in [-0.3, -0.25) is 4.68 Å². The molecule has 2 fully saturated rings. The van der Waals surface area contributed by atoms with E-state index in [2.05, 4.69) is 42.2 Å². The topological polar surface area (TPSA) is 29.9 Å². The van der Waals surface area contributed by atoms with E-state index in [0.29, 0.717) is 6.04 Å². The van der Waals surface area contributed by atoms with Crippen LogP contribution in [0.2, 0.25) is 0 Å². The fraction of sp³-hybridized carbons (Fsp3) is 0.800. The van der Waals surface area contributed by atoms with E-state index in [1.807, 2.05) is 0 Å². The van der Waals surface area contributed by atoms with Gasteiger partial charge in [-0.05, 0) is 56.6 Å². The molecule has 0 aliphatic heterocycles. The van der Waals surface area contributed by atoms with E-state index >= 15 is 0 Å². The molecule has 2 saturated carbocycles. The average Bonchev–Trinajstić information content (AvgIpc) is 3.06. The van der Waals surface area contributed by atoms with Gasteiger partial charge in [0.2, 0.25) is 0 Å². The van der Waals surface area contributed by atoms with Crippen molar-refractivity contribution in [1.29, 1.82) is 0 Å². The lowest BCUT2D eigenvalue weighted by Gasteiger charge is -2.30. The van der Waals surface area contributed by atoms with Crippen molar-refractivity contribution < 1.29 is 0 Å². The third-order valence-corrected chi connectivity index (χ3v) is 5.18. The van der Waals surface area contributed by atoms with E-state index < -0.39 is 0 Å². The van der Waals surface area contributed by atoms with E-state index in [1.165, 1.54) is 37.1 Å². The standard InChI is InChI=1S/C15H25N3/c1-4-12-9-14(18(3)17-12)15(16-2)13-8-10-5-6-11(13)7-10/h9-11,13,15-16H,4-8H2,1-3H3. The number of fused-ring (bicyclic) bond motifs is 2. The van der Waals surface area contributed by atoms with Gasteiger partial charge < -0.3 is 5.32 Å². The Morgan fingerprint density at radius 2 is 2.28 bits per heavy atom. The fourth-order valence-electron chi connectivity index (χ4n) is 4.29. The molecule has 18 heavy (non-hydrogen) atoms. The zero-order valence-corrected chi connectivity index (χ0v) is 11.8. The smallest absolute Gasteiger partial charge is 0.0625 e. The van der Waals surface area contributed by atoms with Crippen LogP contribution in [0.4, 0.5) is 0 Å². The monoisotopic (exact) mass is 247 g/mol. The van der Waals surface area contributed by atoms with Crippen molar-refractivity contribution in [3.05, 3.63) is 17.5 Å². The van der Waals surface area contributed by atoms with Crippen LogP contribution in [-0.2, 0) is 13.5 Å². The van der Waals surface area contributed by atoms with Crippen molar-refractivity contribution in [3.8, 4) is 0 Å². The summed E-state index contributed by atoms with van der Waals surface area (Å²) in [6.45, 7) is 2.18. The van der Waals surface area contributed by atoms with Gasteiger partial charge in [0.25, 0.3) is 0 Å². The quantitative estimate of drug-likeness (QED) is 0.886. The predicted molar refractivity (Wildman–Crippen MR) is 73.3 cm³/mol. The largest absolute Gasteiger partial charge is 0.311 e. The van der Waals surface area contributed by atoms with Crippen LogP contribution < -0.4 is 5.32 Å². The van der Waals surface area contributed by atoms with Crippen LogP contribution in [0.1, 0.15) is 50.0 Å². The number of hydrogen-bond donors (Lipinski definition) is 1. The van der Waals surface area contributed by atoms with Crippen LogP contribution in [0, 0.1) is 17.8 Å². The van der Waals surface area contributed by atoms with Crippen LogP contribution in [0.5, 0.6) is 0 Å². The maximum absolute atomic E-state index is 4.61. The first kappa shape index (κ1) is 12.2. The molecule has 4 atom stereocenters. The van der Waals surface area contributed by atoms with Gasteiger partial charge >= 0.3 is 0 Å². The van der Waals surface area contributed by atoms with Gasteiger partial charge in [-0.25, -0.2) is 0 Å². The average molecular weight is 247 g/mol. The Morgan fingerprint density at radius 3 is 2.78 bits per heavy atom. The number of aromatic nitrogens is 2. The van der Waals surface area contributed by atoms with Crippen LogP contribution in [0.15, 0.2) is 6.07 Å². The first-order valence-corrected chi connectivity index (χ1v) is 7.43. The van der Waals surface area contributed by atoms with E-state index in [-0.39, 0.29) is 0 Å². The summed E-state index contributed by atoms with van der Waals surface area (Å²) in [5, 5.41) is 8.17. The summed E-state index contributed by atoms with van der Waals surface area (Å²) in [4.78, 5) is 0. The number of nitrogens with zero attached hydrogens (tertiary/aromatic N) is 2. The summed E-state index contributed by atoms with van der Waals surface area (Å²) in [7, 11) is 4.20. The summed E-state index contributed by atoms with van der Waals surface area (Å²) in [5.41, 5.74) is 2.60. The van der Waals surface area contributed by atoms with Gasteiger partial charge in [-0.15, -0.1) is 0 Å². The second-order valence-electron chi connectivity index (χ2n) is 6.14. The Kier molecular flexibility index (Phi) is 3.18. The molecule has 0 spiro atoms. The molecule has 3 nitrogen and oxygen atoms in total. The van der Waals surface area contributed by atoms with Crippen LogP contribution in [-0.4, -0.2) is 16.8 Å². The van der Waals surface area contributed by atoms with Crippen LogP contribution in [0.25, 0.3) is 0 Å². The number of nitrogens with one attached hydrogen (secondary N) is 1. The van der Waals surface area contributed by atoms with Crippen molar-refractivity contribution in [3.63, 3.8) is 0 Å². The maximum Gasteiger partial charge on any atom is 0.0625 e. The van der Waals surface area contributed by atoms with Gasteiger partial charge in [0, 0.05) is 7.05 Å². The van der Waals surface area contributed by atoms with Crippen molar-refractivity contribution in [2.75, 3.05) is 7.05 Å². The van der Waals surface area contributed by atoms with Crippen molar-refractivity contribution >= 4 is 0 Å². The lowest BCUT2D eigenvalue weighted by Crippen LogP contribution is -2.30. The van der Waals surface area contributed by atoms with E-state index in [4.69, 9.17) is 0 Å². The minimum absolute atomic E-state index is 0.498. The van der Waals surface area contributed by atoms with Gasteiger partial charge in [0.05, 0.1) is 17.4 Å². The van der Waals surface area contributed by atoms with Gasteiger partial charge in [0.1, 0.15) is 0 Å². The number of hydrogen-bond acceptors (Lipinski definition) is 2. The summed E-state index contributed by atoms with van der Waals surface area (Å²) >= 11 is 0. The zero-order valence-electron chi connectivity index (χ0n) is 11.8. The van der Waals surface area contributed by atoms with Gasteiger partial charge in [-0.2, -0.15) is 5.10 Å². The molecule has 2 aliphatic carbocycles. The third-order valence-electron chi connectivity index (χ3n) is 5.18. The lowest BCUT2D eigenvalue weighted by atomic mass is 9.82. The molecule has 2 bridgehead atoms. The predicted octanol–water partition coefficient (Wildman–Crippen LogP) is 2.68. The highest BCUT2D eigenvalue weighted by Crippen LogP contribution is 2.52. The first-order valence-electron chi connectivity index (χ1n) is 7.43. The van der Waals surface area contributed by atoms with Crippen molar-refractivity contribution in [2.24, 2.45) is 24.8 Å². The van der Waals surface area contributed by atoms with E-state index in [9.17, 15) is 0 Å². The Morgan fingerprint density at radius 1 is 1.44 bits per heavy atom. The molecule has 0 aromatic carbocycles. The molecule has 3 rings (SSSR count). The van der Waals surface area contributed by atoms with Gasteiger partial charge in [-0.1, -0.05) is 13.3 Å². The highest BCUT2D eigenvalue weighted by Gasteiger charge is 2.43. The molecule has 1 N–H and O–H groups in total. The molecule has 0 amide bonds. The molecule has 1 heterocycles. The van der Waals surface area contributed by atoms with Crippen LogP contribution in [0.3, 0.4) is 0 Å². The number of rotatable bonds is 4. The molecule has 100 valence electrons. The molecular formula is C15H25N3. The second kappa shape index (κ2) is 4.69. The molecule has 1 aromatic rings. The minimum Gasteiger partial charge on any atom is -0.311 e. The lowest BCUT2D eigenvalue weighted by molar-refractivity contribution is 0.251. The highest BCUT2D eigenvalue weighted by molar-refractivity contribution is 5.16. The SMILES string of the molecule is CCc1cc(C(NC)C2CC3CCC2C3)n(C)n1. The highest BCUT2D eigenvalue weighted by atomic mass is 15.3. The fourth-order valence-corrected chi connectivity index (χ4v) is 4.29. The molecule has 2 aliphatic rings. The summed E-state index contributed by atoms with van der Waals surface area (Å²) in [6.07, 6.45) is 6.85.